The van der Waals surface area contributed by atoms with Crippen molar-refractivity contribution in [2.75, 3.05) is 12.4 Å². The molecule has 0 unspecified atom stereocenters. The lowest BCUT2D eigenvalue weighted by Gasteiger charge is -2.10. The van der Waals surface area contributed by atoms with Crippen LogP contribution in [-0.2, 0) is 6.54 Å². The Bertz CT molecular complexity index is 874. The first-order chi connectivity index (χ1) is 10.7. The van der Waals surface area contributed by atoms with Crippen LogP contribution >= 0.6 is 0 Å². The van der Waals surface area contributed by atoms with Gasteiger partial charge < -0.3 is 15.0 Å². The van der Waals surface area contributed by atoms with E-state index < -0.39 is 5.82 Å². The van der Waals surface area contributed by atoms with Crippen LogP contribution < -0.4 is 15.6 Å². The fourth-order valence-electron chi connectivity index (χ4n) is 2.39. The number of hydrogen-bond donors (Lipinski definition) is 2. The van der Waals surface area contributed by atoms with Gasteiger partial charge in [0.1, 0.15) is 11.6 Å². The van der Waals surface area contributed by atoms with E-state index in [0.29, 0.717) is 11.9 Å². The molecule has 0 fully saturated rings. The van der Waals surface area contributed by atoms with Crippen LogP contribution in [0.4, 0.5) is 10.1 Å². The van der Waals surface area contributed by atoms with Crippen LogP contribution in [0.2, 0.25) is 0 Å². The molecule has 0 saturated carbocycles. The predicted octanol–water partition coefficient (Wildman–Crippen LogP) is 3.29. The highest BCUT2D eigenvalue weighted by molar-refractivity contribution is 5.82. The molecule has 0 amide bonds. The number of hydrogen-bond acceptors (Lipinski definition) is 3. The van der Waals surface area contributed by atoms with Crippen molar-refractivity contribution in [3.8, 4) is 5.75 Å². The molecule has 5 heteroatoms. The molecular formula is C17H15FN2O2. The van der Waals surface area contributed by atoms with Crippen LogP contribution in [0.1, 0.15) is 5.56 Å². The zero-order chi connectivity index (χ0) is 15.5. The number of H-pyrrole nitrogens is 1. The van der Waals surface area contributed by atoms with E-state index in [1.54, 1.807) is 19.2 Å². The fourth-order valence-corrected chi connectivity index (χ4v) is 2.39. The SMILES string of the molecule is COc1cccc(NCc2cc(=O)[nH]c3c(F)cccc23)c1. The van der Waals surface area contributed by atoms with Crippen molar-refractivity contribution in [2.24, 2.45) is 0 Å². The minimum absolute atomic E-state index is 0.234. The topological polar surface area (TPSA) is 54.1 Å². The standard InChI is InChI=1S/C17H15FN2O2/c1-22-13-5-2-4-12(9-13)19-10-11-8-16(21)20-17-14(11)6-3-7-15(17)18/h2-9,19H,10H2,1H3,(H,20,21). The second kappa shape index (κ2) is 5.89. The first-order valence-corrected chi connectivity index (χ1v) is 6.86. The number of methoxy groups -OCH3 is 1. The summed E-state index contributed by atoms with van der Waals surface area (Å²) in [5, 5.41) is 3.91. The number of fused-ring (bicyclic) bond motifs is 1. The number of ether oxygens (including phenoxy) is 1. The van der Waals surface area contributed by atoms with Gasteiger partial charge in [-0.2, -0.15) is 0 Å². The lowest BCUT2D eigenvalue weighted by molar-refractivity contribution is 0.415. The number of pyridine rings is 1. The number of benzene rings is 2. The maximum absolute atomic E-state index is 13.8. The summed E-state index contributed by atoms with van der Waals surface area (Å²) in [5.74, 6) is 0.310. The number of anilines is 1. The zero-order valence-corrected chi connectivity index (χ0v) is 12.0. The molecule has 0 radical (unpaired) electrons. The van der Waals surface area contributed by atoms with Gasteiger partial charge in [-0.1, -0.05) is 18.2 Å². The quantitative estimate of drug-likeness (QED) is 0.777. The Morgan fingerprint density at radius 1 is 1.18 bits per heavy atom. The molecule has 3 aromatic rings. The summed E-state index contributed by atoms with van der Waals surface area (Å²) in [6.07, 6.45) is 0. The highest BCUT2D eigenvalue weighted by Gasteiger charge is 2.07. The van der Waals surface area contributed by atoms with Gasteiger partial charge in [0, 0.05) is 29.8 Å². The van der Waals surface area contributed by atoms with Crippen LogP contribution in [-0.4, -0.2) is 12.1 Å². The Morgan fingerprint density at radius 3 is 2.82 bits per heavy atom. The second-order valence-electron chi connectivity index (χ2n) is 4.91. The summed E-state index contributed by atoms with van der Waals surface area (Å²) in [7, 11) is 1.60. The van der Waals surface area contributed by atoms with Crippen molar-refractivity contribution in [3.63, 3.8) is 0 Å². The average Bonchev–Trinajstić information content (AvgIpc) is 2.54. The Hall–Kier alpha value is -2.82. The summed E-state index contributed by atoms with van der Waals surface area (Å²) >= 11 is 0. The van der Waals surface area contributed by atoms with Gasteiger partial charge in [-0.05, 0) is 23.8 Å². The van der Waals surface area contributed by atoms with Crippen LogP contribution in [0.5, 0.6) is 5.75 Å². The minimum Gasteiger partial charge on any atom is -0.497 e. The van der Waals surface area contributed by atoms with Gasteiger partial charge in [-0.25, -0.2) is 4.39 Å². The highest BCUT2D eigenvalue weighted by Crippen LogP contribution is 2.21. The number of nitrogens with one attached hydrogen (secondary N) is 2. The Morgan fingerprint density at radius 2 is 2.00 bits per heavy atom. The van der Waals surface area contributed by atoms with Gasteiger partial charge >= 0.3 is 0 Å². The Labute approximate surface area is 126 Å². The van der Waals surface area contributed by atoms with Gasteiger partial charge in [-0.3, -0.25) is 4.79 Å². The zero-order valence-electron chi connectivity index (χ0n) is 12.0. The van der Waals surface area contributed by atoms with E-state index in [-0.39, 0.29) is 11.1 Å². The summed E-state index contributed by atoms with van der Waals surface area (Å²) < 4.78 is 19.0. The first kappa shape index (κ1) is 14.1. The summed E-state index contributed by atoms with van der Waals surface area (Å²) in [4.78, 5) is 14.2. The third-order valence-electron chi connectivity index (χ3n) is 3.47. The summed E-state index contributed by atoms with van der Waals surface area (Å²) in [6, 6.07) is 13.7. The molecule has 2 N–H and O–H groups in total. The van der Waals surface area contributed by atoms with Crippen LogP contribution in [0.25, 0.3) is 10.9 Å². The number of aromatic amines is 1. The lowest BCUT2D eigenvalue weighted by atomic mass is 10.1. The molecule has 0 spiro atoms. The second-order valence-corrected chi connectivity index (χ2v) is 4.91. The highest BCUT2D eigenvalue weighted by atomic mass is 19.1. The normalized spacial score (nSPS) is 10.6. The number of rotatable bonds is 4. The minimum atomic E-state index is -0.433. The smallest absolute Gasteiger partial charge is 0.248 e. The summed E-state index contributed by atoms with van der Waals surface area (Å²) in [6.45, 7) is 0.414. The molecule has 0 bridgehead atoms. The van der Waals surface area contributed by atoms with Crippen LogP contribution in [0.3, 0.4) is 0 Å². The van der Waals surface area contributed by atoms with E-state index in [1.807, 2.05) is 24.3 Å². The van der Waals surface area contributed by atoms with Crippen LogP contribution in [0.15, 0.2) is 53.3 Å². The van der Waals surface area contributed by atoms with Crippen molar-refractivity contribution in [3.05, 3.63) is 70.3 Å². The molecule has 1 heterocycles. The molecule has 0 saturated heterocycles. The fraction of sp³-hybridized carbons (Fsp3) is 0.118. The number of halogens is 1. The Kier molecular flexibility index (Phi) is 3.78. The van der Waals surface area contributed by atoms with Crippen molar-refractivity contribution >= 4 is 16.6 Å². The largest absolute Gasteiger partial charge is 0.497 e. The molecule has 2 aromatic carbocycles. The van der Waals surface area contributed by atoms with Gasteiger partial charge in [0.2, 0.25) is 5.56 Å². The Balaban J connectivity index is 1.93. The van der Waals surface area contributed by atoms with E-state index >= 15 is 0 Å². The van der Waals surface area contributed by atoms with Gasteiger partial charge in [-0.15, -0.1) is 0 Å². The molecule has 1 aromatic heterocycles. The van der Waals surface area contributed by atoms with E-state index in [0.717, 1.165) is 17.0 Å². The van der Waals surface area contributed by atoms with Crippen molar-refractivity contribution in [1.82, 2.24) is 4.98 Å². The third kappa shape index (κ3) is 2.79. The molecule has 0 aliphatic carbocycles. The van der Waals surface area contributed by atoms with Crippen LogP contribution in [0, 0.1) is 5.82 Å². The number of aromatic nitrogens is 1. The molecular weight excluding hydrogens is 283 g/mol. The molecule has 0 aliphatic heterocycles. The van der Waals surface area contributed by atoms with Gasteiger partial charge in [0.05, 0.1) is 12.6 Å². The molecule has 112 valence electrons. The molecule has 0 atom stereocenters. The third-order valence-corrected chi connectivity index (χ3v) is 3.47. The van der Waals surface area contributed by atoms with Gasteiger partial charge in [0.15, 0.2) is 0 Å². The maximum atomic E-state index is 13.8. The molecule has 3 rings (SSSR count). The van der Waals surface area contributed by atoms with E-state index in [4.69, 9.17) is 4.74 Å². The average molecular weight is 298 g/mol. The monoisotopic (exact) mass is 298 g/mol. The van der Waals surface area contributed by atoms with Crippen molar-refractivity contribution in [1.29, 1.82) is 0 Å². The first-order valence-electron chi connectivity index (χ1n) is 6.86. The van der Waals surface area contributed by atoms with E-state index in [2.05, 4.69) is 10.3 Å². The van der Waals surface area contributed by atoms with Crippen molar-refractivity contribution < 1.29 is 9.13 Å². The molecule has 22 heavy (non-hydrogen) atoms. The lowest BCUT2D eigenvalue weighted by Crippen LogP contribution is -2.10. The summed E-state index contributed by atoms with van der Waals surface area (Å²) in [5.41, 5.74) is 1.52. The van der Waals surface area contributed by atoms with E-state index in [1.165, 1.54) is 12.1 Å². The maximum Gasteiger partial charge on any atom is 0.248 e. The van der Waals surface area contributed by atoms with Crippen molar-refractivity contribution in [2.45, 2.75) is 6.54 Å². The predicted molar refractivity (Wildman–Crippen MR) is 84.8 cm³/mol. The molecule has 4 nitrogen and oxygen atoms in total. The molecule has 0 aliphatic rings. The number of para-hydroxylation sites is 1. The van der Waals surface area contributed by atoms with E-state index in [9.17, 15) is 9.18 Å². The van der Waals surface area contributed by atoms with Gasteiger partial charge in [0.25, 0.3) is 0 Å².